The quantitative estimate of drug-likeness (QED) is 0.652. The third-order valence-electron chi connectivity index (χ3n) is 3.01. The lowest BCUT2D eigenvalue weighted by molar-refractivity contribution is 0.201. The van der Waals surface area contributed by atoms with Gasteiger partial charge in [0.05, 0.1) is 0 Å². The second-order valence-electron chi connectivity index (χ2n) is 4.28. The highest BCUT2D eigenvalue weighted by Crippen LogP contribution is 2.16. The van der Waals surface area contributed by atoms with Crippen molar-refractivity contribution >= 4 is 6.03 Å². The minimum Gasteiger partial charge on any atom is -0.324 e. The number of hydrogen-bond donors (Lipinski definition) is 0. The monoisotopic (exact) mass is 207 g/mol. The van der Waals surface area contributed by atoms with Gasteiger partial charge in [-0.05, 0) is 25.2 Å². The molecule has 0 aliphatic carbocycles. The van der Waals surface area contributed by atoms with Gasteiger partial charge < -0.3 is 4.90 Å². The summed E-state index contributed by atoms with van der Waals surface area (Å²) in [5.74, 6) is 0.741. The molecule has 2 heterocycles. The molecule has 82 valence electrons. The highest BCUT2D eigenvalue weighted by Gasteiger charge is 2.19. The number of nitrogens with zero attached hydrogens (tertiary/aromatic N) is 3. The van der Waals surface area contributed by atoms with Gasteiger partial charge in [-0.15, -0.1) is 0 Å². The Morgan fingerprint density at radius 2 is 2.27 bits per heavy atom. The van der Waals surface area contributed by atoms with Crippen molar-refractivity contribution in [3.8, 4) is 0 Å². The molecule has 1 aliphatic heterocycles. The summed E-state index contributed by atoms with van der Waals surface area (Å²) < 4.78 is 1.55. The topological polar surface area (TPSA) is 38.1 Å². The third kappa shape index (κ3) is 2.37. The lowest BCUT2D eigenvalue weighted by Crippen LogP contribution is -2.34. The van der Waals surface area contributed by atoms with Gasteiger partial charge in [-0.3, -0.25) is 4.57 Å². The minimum absolute atomic E-state index is 0.0570. The van der Waals surface area contributed by atoms with E-state index in [2.05, 4.69) is 11.9 Å². The van der Waals surface area contributed by atoms with Gasteiger partial charge in [0.15, 0.2) is 0 Å². The van der Waals surface area contributed by atoms with Gasteiger partial charge in [-0.25, -0.2) is 9.78 Å². The normalized spacial score (nSPS) is 22.5. The fourth-order valence-electron chi connectivity index (χ4n) is 1.99. The number of imidazole rings is 1. The largest absolute Gasteiger partial charge is 0.329 e. The molecule has 0 spiro atoms. The molecule has 1 fully saturated rings. The average Bonchev–Trinajstić information content (AvgIpc) is 2.67. The van der Waals surface area contributed by atoms with Crippen molar-refractivity contribution in [1.82, 2.24) is 14.5 Å². The Balaban J connectivity index is 2.01. The molecule has 1 amide bonds. The fourth-order valence-corrected chi connectivity index (χ4v) is 1.99. The van der Waals surface area contributed by atoms with Crippen molar-refractivity contribution in [2.45, 2.75) is 26.2 Å². The molecule has 1 aromatic heterocycles. The van der Waals surface area contributed by atoms with Crippen LogP contribution in [0.2, 0.25) is 0 Å². The summed E-state index contributed by atoms with van der Waals surface area (Å²) in [5, 5.41) is 0. The summed E-state index contributed by atoms with van der Waals surface area (Å²) in [7, 11) is 0. The molecular formula is C11H17N3O. The highest BCUT2D eigenvalue weighted by atomic mass is 16.2. The van der Waals surface area contributed by atoms with Crippen LogP contribution in [0.1, 0.15) is 26.2 Å². The summed E-state index contributed by atoms with van der Waals surface area (Å²) in [6.45, 7) is 4.00. The summed E-state index contributed by atoms with van der Waals surface area (Å²) in [6, 6.07) is 0.0570. The molecule has 4 heteroatoms. The van der Waals surface area contributed by atoms with Crippen LogP contribution in [-0.2, 0) is 0 Å². The smallest absolute Gasteiger partial charge is 0.324 e. The Morgan fingerprint density at radius 1 is 1.40 bits per heavy atom. The third-order valence-corrected chi connectivity index (χ3v) is 3.01. The zero-order valence-electron chi connectivity index (χ0n) is 9.09. The van der Waals surface area contributed by atoms with E-state index in [0.717, 1.165) is 31.8 Å². The van der Waals surface area contributed by atoms with Crippen molar-refractivity contribution < 1.29 is 4.79 Å². The number of amides is 1. The Hall–Kier alpha value is -1.32. The van der Waals surface area contributed by atoms with E-state index in [4.69, 9.17) is 0 Å². The Morgan fingerprint density at radius 3 is 3.00 bits per heavy atom. The molecule has 1 unspecified atom stereocenters. The van der Waals surface area contributed by atoms with Gasteiger partial charge in [-0.2, -0.15) is 0 Å². The summed E-state index contributed by atoms with van der Waals surface area (Å²) >= 11 is 0. The lowest BCUT2D eigenvalue weighted by atomic mass is 10.0. The first-order chi connectivity index (χ1) is 7.27. The van der Waals surface area contributed by atoms with Crippen LogP contribution in [0, 0.1) is 5.92 Å². The molecule has 4 nitrogen and oxygen atoms in total. The van der Waals surface area contributed by atoms with Crippen LogP contribution >= 0.6 is 0 Å². The Bertz CT molecular complexity index is 321. The fraction of sp³-hybridized carbons (Fsp3) is 0.636. The molecule has 2 rings (SSSR count). The second kappa shape index (κ2) is 4.47. The van der Waals surface area contributed by atoms with Crippen molar-refractivity contribution in [3.63, 3.8) is 0 Å². The summed E-state index contributed by atoms with van der Waals surface area (Å²) in [5.41, 5.74) is 0. The van der Waals surface area contributed by atoms with Crippen LogP contribution in [0.15, 0.2) is 18.7 Å². The molecule has 1 atom stereocenters. The van der Waals surface area contributed by atoms with Crippen LogP contribution in [0.4, 0.5) is 4.79 Å². The summed E-state index contributed by atoms with van der Waals surface area (Å²) in [4.78, 5) is 17.8. The molecule has 1 saturated heterocycles. The van der Waals surface area contributed by atoms with Crippen molar-refractivity contribution in [2.24, 2.45) is 5.92 Å². The SMILES string of the molecule is CC1CCCN(C(=O)n2ccnc2)CC1. The van der Waals surface area contributed by atoms with Crippen molar-refractivity contribution in [1.29, 1.82) is 0 Å². The van der Waals surface area contributed by atoms with Crippen LogP contribution in [0.5, 0.6) is 0 Å². The van der Waals surface area contributed by atoms with Crippen molar-refractivity contribution in [3.05, 3.63) is 18.7 Å². The minimum atomic E-state index is 0.0570. The van der Waals surface area contributed by atoms with E-state index in [1.54, 1.807) is 23.3 Å². The van der Waals surface area contributed by atoms with Gasteiger partial charge in [0.1, 0.15) is 6.33 Å². The molecular weight excluding hydrogens is 190 g/mol. The van der Waals surface area contributed by atoms with E-state index in [-0.39, 0.29) is 6.03 Å². The van der Waals surface area contributed by atoms with E-state index in [0.29, 0.717) is 0 Å². The molecule has 1 aromatic rings. The predicted molar refractivity (Wildman–Crippen MR) is 57.6 cm³/mol. The number of carbonyl (C=O) groups is 1. The zero-order valence-corrected chi connectivity index (χ0v) is 9.09. The highest BCUT2D eigenvalue weighted by molar-refractivity contribution is 5.76. The van der Waals surface area contributed by atoms with Crippen molar-refractivity contribution in [2.75, 3.05) is 13.1 Å². The molecule has 0 aromatic carbocycles. The molecule has 0 saturated carbocycles. The molecule has 1 aliphatic rings. The predicted octanol–water partition coefficient (Wildman–Crippen LogP) is 1.97. The van der Waals surface area contributed by atoms with Gasteiger partial charge in [0, 0.05) is 25.5 Å². The van der Waals surface area contributed by atoms with E-state index in [1.807, 2.05) is 4.90 Å². The van der Waals surface area contributed by atoms with Gasteiger partial charge in [-0.1, -0.05) is 6.92 Å². The number of hydrogen-bond acceptors (Lipinski definition) is 2. The number of carbonyl (C=O) groups excluding carboxylic acids is 1. The first kappa shape index (κ1) is 10.2. The first-order valence-electron chi connectivity index (χ1n) is 5.54. The maximum absolute atomic E-state index is 12.0. The van der Waals surface area contributed by atoms with E-state index >= 15 is 0 Å². The molecule has 0 N–H and O–H groups in total. The zero-order chi connectivity index (χ0) is 10.7. The number of aromatic nitrogens is 2. The average molecular weight is 207 g/mol. The maximum atomic E-state index is 12.0. The van der Waals surface area contributed by atoms with E-state index < -0.39 is 0 Å². The maximum Gasteiger partial charge on any atom is 0.329 e. The van der Waals surface area contributed by atoms with E-state index in [9.17, 15) is 4.79 Å². The van der Waals surface area contributed by atoms with E-state index in [1.165, 1.54) is 6.42 Å². The Labute approximate surface area is 89.9 Å². The first-order valence-corrected chi connectivity index (χ1v) is 5.54. The van der Waals surface area contributed by atoms with Gasteiger partial charge in [0.25, 0.3) is 0 Å². The van der Waals surface area contributed by atoms with Crippen LogP contribution in [0.25, 0.3) is 0 Å². The second-order valence-corrected chi connectivity index (χ2v) is 4.28. The standard InChI is InChI=1S/C11H17N3O/c1-10-3-2-6-13(7-4-10)11(15)14-8-5-12-9-14/h5,8-10H,2-4,6-7H2,1H3. The number of rotatable bonds is 0. The Kier molecular flexibility index (Phi) is 3.04. The van der Waals surface area contributed by atoms with Crippen LogP contribution in [-0.4, -0.2) is 33.6 Å². The van der Waals surface area contributed by atoms with Gasteiger partial charge in [0.2, 0.25) is 0 Å². The molecule has 15 heavy (non-hydrogen) atoms. The van der Waals surface area contributed by atoms with Crippen LogP contribution < -0.4 is 0 Å². The summed E-state index contributed by atoms with van der Waals surface area (Å²) in [6.07, 6.45) is 8.36. The lowest BCUT2D eigenvalue weighted by Gasteiger charge is -2.20. The van der Waals surface area contributed by atoms with Gasteiger partial charge >= 0.3 is 6.03 Å². The van der Waals surface area contributed by atoms with Crippen LogP contribution in [0.3, 0.4) is 0 Å². The molecule has 0 radical (unpaired) electrons. The molecule has 0 bridgehead atoms. The number of likely N-dealkylation sites (tertiary alicyclic amines) is 1.